The van der Waals surface area contributed by atoms with Gasteiger partial charge in [-0.15, -0.1) is 0 Å². The van der Waals surface area contributed by atoms with Crippen molar-refractivity contribution in [2.75, 3.05) is 0 Å². The van der Waals surface area contributed by atoms with Crippen LogP contribution < -0.4 is 0 Å². The van der Waals surface area contributed by atoms with Crippen LogP contribution in [0, 0.1) is 11.8 Å². The summed E-state index contributed by atoms with van der Waals surface area (Å²) < 4.78 is 11.5. The molecule has 9 rings (SSSR count). The Bertz CT molecular complexity index is 2090. The van der Waals surface area contributed by atoms with E-state index in [0.717, 1.165) is 82.5 Å². The molecule has 2 aliphatic carbocycles. The largest absolute Gasteiger partial charge is 0.444 e. The first-order chi connectivity index (χ1) is 23.8. The maximum atomic E-state index is 13.2. The van der Waals surface area contributed by atoms with Gasteiger partial charge in [-0.1, -0.05) is 30.3 Å². The second kappa shape index (κ2) is 10.9. The molecule has 1 unspecified atom stereocenters. The zero-order chi connectivity index (χ0) is 34.7. The first-order valence-corrected chi connectivity index (χ1v) is 18.1. The molecule has 258 valence electrons. The van der Waals surface area contributed by atoms with E-state index in [0.29, 0.717) is 11.8 Å². The number of hydrogen-bond donors (Lipinski definition) is 1. The average Bonchev–Trinajstić information content (AvgIpc) is 3.67. The summed E-state index contributed by atoms with van der Waals surface area (Å²) in [4.78, 5) is 43.4. The van der Waals surface area contributed by atoms with Crippen LogP contribution in [0.4, 0.5) is 15.3 Å². The summed E-state index contributed by atoms with van der Waals surface area (Å²) >= 11 is 0. The highest BCUT2D eigenvalue weighted by molar-refractivity contribution is 6.00. The monoisotopic (exact) mass is 671 g/mol. The standard InChI is InChI=1S/C41H45N5O4/c1-40(2,3)49-38(47)45-33-17-28(33)19-35(45)31-16-27-15-25(11-12-30(27)43-31)22-7-8-24-14-26(10-9-23(24)13-22)32-21-42-37(44-32)36-20-29-18-34(29)46(36)39(48)50-41(4,5)6/h7-15,21,28-29,33-36H,16-20H2,1-6H3,(H,42,44)/t28-,29-,33-,34-,35+,36?/m1/s1. The molecular weight excluding hydrogens is 626 g/mol. The van der Waals surface area contributed by atoms with Crippen molar-refractivity contribution in [3.05, 3.63) is 72.2 Å². The molecule has 0 radical (unpaired) electrons. The van der Waals surface area contributed by atoms with Crippen LogP contribution in [0.1, 0.15) is 84.7 Å². The molecule has 50 heavy (non-hydrogen) atoms. The smallest absolute Gasteiger partial charge is 0.411 e. The average molecular weight is 672 g/mol. The molecule has 3 aromatic carbocycles. The number of fused-ring (bicyclic) bond motifs is 4. The second-order valence-corrected chi connectivity index (χ2v) is 17.0. The molecule has 1 N–H and O–H groups in total. The van der Waals surface area contributed by atoms with E-state index in [4.69, 9.17) is 19.5 Å². The third-order valence-electron chi connectivity index (χ3n) is 10.9. The number of H-pyrrole nitrogens is 1. The van der Waals surface area contributed by atoms with Crippen molar-refractivity contribution >= 4 is 34.4 Å². The summed E-state index contributed by atoms with van der Waals surface area (Å²) in [5.41, 5.74) is 6.55. The van der Waals surface area contributed by atoms with Crippen LogP contribution in [0.25, 0.3) is 33.2 Å². The molecule has 0 spiro atoms. The SMILES string of the molecule is CC(C)(C)OC(=O)N1C(c2ncc(-c3ccc4cc(-c5ccc6c(c5)CC([C@@H]5C[C@H]7C[C@H]7N5C(=O)OC(C)(C)C)=N6)ccc4c3)[nH]2)C[C@H]2C[C@H]21. The van der Waals surface area contributed by atoms with Gasteiger partial charge >= 0.3 is 12.2 Å². The molecule has 4 aromatic rings. The van der Waals surface area contributed by atoms with Gasteiger partial charge in [-0.25, -0.2) is 14.6 Å². The molecule has 2 amide bonds. The Labute approximate surface area is 293 Å². The van der Waals surface area contributed by atoms with E-state index < -0.39 is 11.2 Å². The lowest BCUT2D eigenvalue weighted by Crippen LogP contribution is -2.45. The van der Waals surface area contributed by atoms with Crippen LogP contribution in [0.2, 0.25) is 0 Å². The van der Waals surface area contributed by atoms with Gasteiger partial charge in [0.2, 0.25) is 0 Å². The van der Waals surface area contributed by atoms with Gasteiger partial charge in [-0.05, 0) is 131 Å². The molecule has 2 saturated carbocycles. The summed E-state index contributed by atoms with van der Waals surface area (Å²) in [5.74, 6) is 1.92. The fraction of sp³-hybridized carbons (Fsp3) is 0.463. The van der Waals surface area contributed by atoms with Gasteiger partial charge in [-0.3, -0.25) is 14.8 Å². The van der Waals surface area contributed by atoms with Crippen molar-refractivity contribution < 1.29 is 19.1 Å². The maximum absolute atomic E-state index is 13.2. The number of likely N-dealkylation sites (tertiary alicyclic amines) is 2. The van der Waals surface area contributed by atoms with E-state index in [-0.39, 0.29) is 36.4 Å². The zero-order valence-electron chi connectivity index (χ0n) is 29.7. The first-order valence-electron chi connectivity index (χ1n) is 18.1. The Morgan fingerprint density at radius 1 is 0.720 bits per heavy atom. The van der Waals surface area contributed by atoms with Crippen LogP contribution in [-0.4, -0.2) is 67.0 Å². The number of aromatic nitrogens is 2. The first kappa shape index (κ1) is 31.3. The Morgan fingerprint density at radius 2 is 1.28 bits per heavy atom. The minimum atomic E-state index is -0.533. The van der Waals surface area contributed by atoms with Gasteiger partial charge in [0.15, 0.2) is 0 Å². The number of rotatable bonds is 4. The van der Waals surface area contributed by atoms with E-state index in [2.05, 4.69) is 59.6 Å². The molecule has 5 aliphatic rings. The number of amides is 2. The van der Waals surface area contributed by atoms with Gasteiger partial charge in [0.25, 0.3) is 0 Å². The predicted octanol–water partition coefficient (Wildman–Crippen LogP) is 8.99. The molecule has 0 bridgehead atoms. The third kappa shape index (κ3) is 5.64. The third-order valence-corrected chi connectivity index (χ3v) is 10.9. The number of piperidine rings is 2. The number of carbonyl (C=O) groups excluding carboxylic acids is 2. The van der Waals surface area contributed by atoms with Crippen molar-refractivity contribution in [3.8, 4) is 22.4 Å². The molecule has 4 heterocycles. The molecule has 1 aromatic heterocycles. The van der Waals surface area contributed by atoms with E-state index in [1.54, 1.807) is 0 Å². The number of aliphatic imine (C=N–C) groups is 1. The number of ether oxygens (including phenoxy) is 2. The second-order valence-electron chi connectivity index (χ2n) is 17.0. The minimum Gasteiger partial charge on any atom is -0.444 e. The van der Waals surface area contributed by atoms with E-state index in [9.17, 15) is 9.59 Å². The van der Waals surface area contributed by atoms with Crippen molar-refractivity contribution in [2.24, 2.45) is 16.8 Å². The lowest BCUT2D eigenvalue weighted by molar-refractivity contribution is 0.0173. The molecule has 6 atom stereocenters. The lowest BCUT2D eigenvalue weighted by Gasteiger charge is -2.30. The number of nitrogens with one attached hydrogen (secondary N) is 1. The molecule has 3 aliphatic heterocycles. The number of carbonyl (C=O) groups is 2. The van der Waals surface area contributed by atoms with Gasteiger partial charge < -0.3 is 14.5 Å². The molecule has 4 fully saturated rings. The Kier molecular flexibility index (Phi) is 6.84. The van der Waals surface area contributed by atoms with Gasteiger partial charge in [0.05, 0.1) is 29.7 Å². The number of aromatic amines is 1. The van der Waals surface area contributed by atoms with Crippen molar-refractivity contribution in [2.45, 2.75) is 109 Å². The fourth-order valence-electron chi connectivity index (χ4n) is 8.45. The molecular formula is C41H45N5O4. The molecule has 9 nitrogen and oxygen atoms in total. The number of hydrogen-bond acceptors (Lipinski definition) is 6. The van der Waals surface area contributed by atoms with Crippen LogP contribution in [-0.2, 0) is 15.9 Å². The van der Waals surface area contributed by atoms with Crippen LogP contribution in [0.15, 0.2) is 65.8 Å². The van der Waals surface area contributed by atoms with Crippen molar-refractivity contribution in [3.63, 3.8) is 0 Å². The highest BCUT2D eigenvalue weighted by Crippen LogP contribution is 2.54. The Hall–Kier alpha value is -4.66. The van der Waals surface area contributed by atoms with Gasteiger partial charge in [-0.2, -0.15) is 0 Å². The molecule has 9 heteroatoms. The zero-order valence-corrected chi connectivity index (χ0v) is 29.7. The van der Waals surface area contributed by atoms with E-state index >= 15 is 0 Å². The Balaban J connectivity index is 0.907. The summed E-state index contributed by atoms with van der Waals surface area (Å²) in [5, 5.41) is 2.31. The van der Waals surface area contributed by atoms with E-state index in [1.807, 2.05) is 57.5 Å². The van der Waals surface area contributed by atoms with Crippen molar-refractivity contribution in [1.29, 1.82) is 0 Å². The fourth-order valence-corrected chi connectivity index (χ4v) is 8.45. The highest BCUT2D eigenvalue weighted by Gasteiger charge is 2.57. The highest BCUT2D eigenvalue weighted by atomic mass is 16.6. The van der Waals surface area contributed by atoms with Gasteiger partial charge in [0.1, 0.15) is 17.0 Å². The van der Waals surface area contributed by atoms with Crippen LogP contribution in [0.3, 0.4) is 0 Å². The summed E-state index contributed by atoms with van der Waals surface area (Å²) in [6.07, 6.45) is 6.18. The van der Waals surface area contributed by atoms with Crippen molar-refractivity contribution in [1.82, 2.24) is 19.8 Å². The van der Waals surface area contributed by atoms with E-state index in [1.165, 1.54) is 5.56 Å². The normalized spacial score (nSPS) is 26.4. The predicted molar refractivity (Wildman–Crippen MR) is 193 cm³/mol. The summed E-state index contributed by atoms with van der Waals surface area (Å²) in [6.45, 7) is 11.5. The maximum Gasteiger partial charge on any atom is 0.411 e. The van der Waals surface area contributed by atoms with Gasteiger partial charge in [0, 0.05) is 29.8 Å². The summed E-state index contributed by atoms with van der Waals surface area (Å²) in [6, 6.07) is 20.1. The minimum absolute atomic E-state index is 0.0120. The Morgan fingerprint density at radius 3 is 1.94 bits per heavy atom. The number of imidazole rings is 1. The number of nitrogens with zero attached hydrogens (tertiary/aromatic N) is 4. The topological polar surface area (TPSA) is 100 Å². The van der Waals surface area contributed by atoms with Crippen LogP contribution in [0.5, 0.6) is 0 Å². The summed E-state index contributed by atoms with van der Waals surface area (Å²) in [7, 11) is 0. The lowest BCUT2D eigenvalue weighted by atomic mass is 9.96. The quantitative estimate of drug-likeness (QED) is 0.233. The number of benzene rings is 3. The molecule has 2 saturated heterocycles. The van der Waals surface area contributed by atoms with Crippen LogP contribution >= 0.6 is 0 Å².